The minimum atomic E-state index is -1.46. The van der Waals surface area contributed by atoms with Crippen molar-refractivity contribution in [1.82, 2.24) is 0 Å². The molecule has 0 saturated heterocycles. The fourth-order valence-corrected chi connectivity index (χ4v) is 2.14. The van der Waals surface area contributed by atoms with Crippen LogP contribution in [-0.2, 0) is 4.74 Å². The van der Waals surface area contributed by atoms with Gasteiger partial charge < -0.3 is 20.4 Å². The van der Waals surface area contributed by atoms with Gasteiger partial charge in [0.15, 0.2) is 0 Å². The first-order chi connectivity index (χ1) is 10.2. The zero-order chi connectivity index (χ0) is 16.2. The smallest absolute Gasteiger partial charge is 0.251 e. The molecule has 0 radical (unpaired) electrons. The van der Waals surface area contributed by atoms with Crippen molar-refractivity contribution in [3.63, 3.8) is 0 Å². The van der Waals surface area contributed by atoms with Gasteiger partial charge in [-0.3, -0.25) is 0 Å². The monoisotopic (exact) mass is 303 g/mol. The van der Waals surface area contributed by atoms with Crippen LogP contribution in [0.15, 0.2) is 0 Å². The fourth-order valence-electron chi connectivity index (χ4n) is 2.14. The van der Waals surface area contributed by atoms with Crippen molar-refractivity contribution in [3.05, 3.63) is 0 Å². The van der Waals surface area contributed by atoms with Crippen molar-refractivity contribution < 1.29 is 20.4 Å². The Balaban J connectivity index is 0. The van der Waals surface area contributed by atoms with E-state index in [4.69, 9.17) is 0 Å². The molecule has 0 unspecified atom stereocenters. The van der Waals surface area contributed by atoms with Crippen molar-refractivity contribution in [2.24, 2.45) is 0 Å². The molecule has 0 saturated carbocycles. The van der Waals surface area contributed by atoms with Crippen LogP contribution in [-0.4, -0.2) is 19.3 Å². The van der Waals surface area contributed by atoms with Crippen LogP contribution in [0.25, 0.3) is 0 Å². The summed E-state index contributed by atoms with van der Waals surface area (Å²) in [7, 11) is 0. The van der Waals surface area contributed by atoms with Crippen molar-refractivity contribution in [1.29, 1.82) is 0 Å². The van der Waals surface area contributed by atoms with Crippen LogP contribution in [0.2, 0.25) is 0 Å². The molecular weight excluding hydrogens is 266 g/mol. The largest absolute Gasteiger partial charge is 0.550 e. The Hall–Kier alpha value is -0.770. The number of hydrogen-bond donors (Lipinski definition) is 1. The minimum absolute atomic E-state index is 0.169. The van der Waals surface area contributed by atoms with Gasteiger partial charge >= 0.3 is 0 Å². The first-order valence-electron chi connectivity index (χ1n) is 8.82. The van der Waals surface area contributed by atoms with Gasteiger partial charge in [0, 0.05) is 6.61 Å². The maximum atomic E-state index is 9.27. The van der Waals surface area contributed by atoms with E-state index in [-0.39, 0.29) is 6.61 Å². The SMILES string of the molecule is CCCCCCCCCCCCCC[NH3+].CCOC(=O)[O-]. The van der Waals surface area contributed by atoms with Crippen LogP contribution < -0.4 is 10.8 Å². The molecule has 0 heterocycles. The number of ether oxygens (including phenoxy) is 1. The number of carbonyl (C=O) groups is 1. The third-order valence-electron chi connectivity index (χ3n) is 3.37. The maximum absolute atomic E-state index is 9.27. The number of hydrogen-bond acceptors (Lipinski definition) is 3. The lowest BCUT2D eigenvalue weighted by Crippen LogP contribution is -2.50. The quantitative estimate of drug-likeness (QED) is 0.419. The Morgan fingerprint density at radius 1 is 0.810 bits per heavy atom. The molecule has 0 aliphatic rings. The summed E-state index contributed by atoms with van der Waals surface area (Å²) in [6.45, 7) is 5.15. The van der Waals surface area contributed by atoms with Gasteiger partial charge in [-0.1, -0.05) is 71.1 Å². The summed E-state index contributed by atoms with van der Waals surface area (Å²) in [5.41, 5.74) is 3.87. The molecule has 4 heteroatoms. The first-order valence-corrected chi connectivity index (χ1v) is 8.82. The molecular formula is C17H37NO3. The molecule has 0 rings (SSSR count). The molecule has 0 aliphatic carbocycles. The van der Waals surface area contributed by atoms with Gasteiger partial charge in [-0.15, -0.1) is 0 Å². The van der Waals surface area contributed by atoms with Gasteiger partial charge in [0.05, 0.1) is 6.54 Å². The summed E-state index contributed by atoms with van der Waals surface area (Å²) in [6, 6.07) is 0. The van der Waals surface area contributed by atoms with Gasteiger partial charge in [-0.25, -0.2) is 0 Å². The Kier molecular flexibility index (Phi) is 23.1. The zero-order valence-corrected chi connectivity index (χ0v) is 14.3. The van der Waals surface area contributed by atoms with Gasteiger partial charge in [0.25, 0.3) is 6.16 Å². The molecule has 0 amide bonds. The maximum Gasteiger partial charge on any atom is 0.251 e. The van der Waals surface area contributed by atoms with Crippen molar-refractivity contribution in [2.45, 2.75) is 90.9 Å². The van der Waals surface area contributed by atoms with E-state index in [0.29, 0.717) is 0 Å². The highest BCUT2D eigenvalue weighted by molar-refractivity contribution is 5.53. The summed E-state index contributed by atoms with van der Waals surface area (Å²) in [5.74, 6) is 0. The van der Waals surface area contributed by atoms with Crippen LogP contribution in [0.3, 0.4) is 0 Å². The van der Waals surface area contributed by atoms with Crippen LogP contribution in [0.5, 0.6) is 0 Å². The summed E-state index contributed by atoms with van der Waals surface area (Å²) in [6.07, 6.45) is 15.8. The molecule has 0 fully saturated rings. The number of rotatable bonds is 13. The molecule has 0 atom stereocenters. The highest BCUT2D eigenvalue weighted by atomic mass is 16.7. The van der Waals surface area contributed by atoms with Crippen molar-refractivity contribution in [2.75, 3.05) is 13.2 Å². The Labute approximate surface area is 131 Å². The topological polar surface area (TPSA) is 77.0 Å². The van der Waals surface area contributed by atoms with Crippen LogP contribution in [0, 0.1) is 0 Å². The number of carbonyl (C=O) groups excluding carboxylic acids is 1. The fraction of sp³-hybridized carbons (Fsp3) is 0.941. The Morgan fingerprint density at radius 2 is 1.19 bits per heavy atom. The van der Waals surface area contributed by atoms with Crippen LogP contribution in [0.1, 0.15) is 90.9 Å². The molecule has 128 valence electrons. The zero-order valence-electron chi connectivity index (χ0n) is 14.3. The Morgan fingerprint density at radius 3 is 1.43 bits per heavy atom. The normalized spacial score (nSPS) is 9.86. The number of unbranched alkanes of at least 4 members (excludes halogenated alkanes) is 11. The summed E-state index contributed by atoms with van der Waals surface area (Å²) in [5, 5.41) is 9.27. The average Bonchev–Trinajstić information content (AvgIpc) is 2.45. The second-order valence-electron chi connectivity index (χ2n) is 5.43. The molecule has 0 aromatic heterocycles. The highest BCUT2D eigenvalue weighted by Crippen LogP contribution is 2.11. The lowest BCUT2D eigenvalue weighted by molar-refractivity contribution is -0.368. The molecule has 0 aromatic carbocycles. The minimum Gasteiger partial charge on any atom is -0.550 e. The number of carboxylic acid groups (broad SMARTS) is 1. The highest BCUT2D eigenvalue weighted by Gasteiger charge is 1.92. The molecule has 4 nitrogen and oxygen atoms in total. The molecule has 3 N–H and O–H groups in total. The summed E-state index contributed by atoms with van der Waals surface area (Å²) in [4.78, 5) is 9.27. The molecule has 0 spiro atoms. The van der Waals surface area contributed by atoms with Gasteiger partial charge in [0.1, 0.15) is 0 Å². The lowest BCUT2D eigenvalue weighted by atomic mass is 10.1. The predicted octanol–water partition coefficient (Wildman–Crippen LogP) is 3.30. The van der Waals surface area contributed by atoms with E-state index in [1.165, 1.54) is 77.0 Å². The standard InChI is InChI=1S/C14H31N.C3H6O3/c1-2-3-4-5-6-7-8-9-10-11-12-13-14-15;1-2-6-3(4)5/h2-15H2,1H3;2H2,1H3,(H,4,5). The lowest BCUT2D eigenvalue weighted by Gasteiger charge is -2.01. The summed E-state index contributed by atoms with van der Waals surface area (Å²) < 4.78 is 3.85. The average molecular weight is 303 g/mol. The molecule has 0 aromatic rings. The van der Waals surface area contributed by atoms with Crippen LogP contribution >= 0.6 is 0 Å². The molecule has 21 heavy (non-hydrogen) atoms. The van der Waals surface area contributed by atoms with Crippen molar-refractivity contribution >= 4 is 6.16 Å². The second-order valence-corrected chi connectivity index (χ2v) is 5.43. The third kappa shape index (κ3) is 28.2. The number of quaternary nitrogens is 1. The Bertz CT molecular complexity index is 186. The van der Waals surface area contributed by atoms with Gasteiger partial charge in [-0.2, -0.15) is 0 Å². The van der Waals surface area contributed by atoms with E-state index in [1.807, 2.05) is 0 Å². The van der Waals surface area contributed by atoms with E-state index < -0.39 is 6.16 Å². The predicted molar refractivity (Wildman–Crippen MR) is 85.9 cm³/mol. The summed E-state index contributed by atoms with van der Waals surface area (Å²) >= 11 is 0. The van der Waals surface area contributed by atoms with Crippen LogP contribution in [0.4, 0.5) is 4.79 Å². The molecule has 0 bridgehead atoms. The van der Waals surface area contributed by atoms with Crippen molar-refractivity contribution in [3.8, 4) is 0 Å². The van der Waals surface area contributed by atoms with E-state index in [2.05, 4.69) is 17.4 Å². The van der Waals surface area contributed by atoms with E-state index in [0.717, 1.165) is 6.54 Å². The third-order valence-corrected chi connectivity index (χ3v) is 3.37. The van der Waals surface area contributed by atoms with Gasteiger partial charge in [-0.05, 0) is 19.8 Å². The second kappa shape index (κ2) is 21.5. The molecule has 0 aliphatic heterocycles. The van der Waals surface area contributed by atoms with E-state index >= 15 is 0 Å². The van der Waals surface area contributed by atoms with E-state index in [1.54, 1.807) is 6.92 Å². The van der Waals surface area contributed by atoms with E-state index in [9.17, 15) is 9.90 Å². The van der Waals surface area contributed by atoms with Gasteiger partial charge in [0.2, 0.25) is 0 Å². The first kappa shape index (κ1) is 22.5.